The average molecular weight is 182 g/mol. The smallest absolute Gasteiger partial charge is 0.330 e. The van der Waals surface area contributed by atoms with Crippen LogP contribution in [0, 0.1) is 0 Å². The van der Waals surface area contributed by atoms with E-state index in [0.717, 1.165) is 12.8 Å². The molecule has 0 aromatic rings. The number of alkyl halides is 3. The lowest BCUT2D eigenvalue weighted by Gasteiger charge is -2.20. The number of halogens is 3. The first-order chi connectivity index (χ1) is 5.54. The van der Waals surface area contributed by atoms with E-state index < -0.39 is 12.2 Å². The lowest BCUT2D eigenvalue weighted by atomic mass is 10.2. The molecule has 1 aliphatic rings. The van der Waals surface area contributed by atoms with E-state index in [0.29, 0.717) is 0 Å². The SMILES string of the molecule is NCCC(NC1CC1)C(F)(F)F. The van der Waals surface area contributed by atoms with Crippen molar-refractivity contribution in [3.63, 3.8) is 0 Å². The molecule has 0 aromatic heterocycles. The predicted molar refractivity (Wildman–Crippen MR) is 39.7 cm³/mol. The third-order valence-corrected chi connectivity index (χ3v) is 1.86. The van der Waals surface area contributed by atoms with E-state index in [2.05, 4.69) is 5.32 Å². The third kappa shape index (κ3) is 2.98. The van der Waals surface area contributed by atoms with Crippen molar-refractivity contribution in [2.45, 2.75) is 37.5 Å². The van der Waals surface area contributed by atoms with E-state index in [1.807, 2.05) is 0 Å². The first-order valence-corrected chi connectivity index (χ1v) is 4.07. The van der Waals surface area contributed by atoms with Gasteiger partial charge in [0, 0.05) is 6.04 Å². The second-order valence-electron chi connectivity index (χ2n) is 3.11. The van der Waals surface area contributed by atoms with Crippen LogP contribution < -0.4 is 11.1 Å². The summed E-state index contributed by atoms with van der Waals surface area (Å²) >= 11 is 0. The van der Waals surface area contributed by atoms with Crippen LogP contribution in [0.1, 0.15) is 19.3 Å². The fraction of sp³-hybridized carbons (Fsp3) is 1.00. The second-order valence-corrected chi connectivity index (χ2v) is 3.11. The van der Waals surface area contributed by atoms with Crippen molar-refractivity contribution in [2.75, 3.05) is 6.54 Å². The van der Waals surface area contributed by atoms with Crippen molar-refractivity contribution < 1.29 is 13.2 Å². The van der Waals surface area contributed by atoms with E-state index in [4.69, 9.17) is 5.73 Å². The Morgan fingerprint density at radius 1 is 1.42 bits per heavy atom. The van der Waals surface area contributed by atoms with Gasteiger partial charge in [-0.25, -0.2) is 0 Å². The maximum atomic E-state index is 12.2. The summed E-state index contributed by atoms with van der Waals surface area (Å²) in [7, 11) is 0. The molecule has 2 nitrogen and oxygen atoms in total. The van der Waals surface area contributed by atoms with Gasteiger partial charge in [-0.05, 0) is 25.8 Å². The van der Waals surface area contributed by atoms with E-state index in [9.17, 15) is 13.2 Å². The number of nitrogens with one attached hydrogen (secondary N) is 1. The van der Waals surface area contributed by atoms with E-state index in [-0.39, 0.29) is 19.0 Å². The molecule has 1 aliphatic carbocycles. The van der Waals surface area contributed by atoms with Crippen LogP contribution in [-0.2, 0) is 0 Å². The summed E-state index contributed by atoms with van der Waals surface area (Å²) in [6.07, 6.45) is -2.46. The van der Waals surface area contributed by atoms with Crippen molar-refractivity contribution in [3.8, 4) is 0 Å². The molecule has 0 aliphatic heterocycles. The predicted octanol–water partition coefficient (Wildman–Crippen LogP) is 1.02. The van der Waals surface area contributed by atoms with Gasteiger partial charge in [0.05, 0.1) is 0 Å². The Hall–Kier alpha value is -0.290. The van der Waals surface area contributed by atoms with Gasteiger partial charge < -0.3 is 11.1 Å². The fourth-order valence-electron chi connectivity index (χ4n) is 1.04. The van der Waals surface area contributed by atoms with Gasteiger partial charge in [-0.15, -0.1) is 0 Å². The molecular weight excluding hydrogens is 169 g/mol. The third-order valence-electron chi connectivity index (χ3n) is 1.86. The van der Waals surface area contributed by atoms with Gasteiger partial charge in [0.15, 0.2) is 0 Å². The minimum Gasteiger partial charge on any atom is -0.330 e. The van der Waals surface area contributed by atoms with E-state index >= 15 is 0 Å². The van der Waals surface area contributed by atoms with E-state index in [1.54, 1.807) is 0 Å². The maximum absolute atomic E-state index is 12.2. The normalized spacial score (nSPS) is 21.0. The van der Waals surface area contributed by atoms with Crippen molar-refractivity contribution in [1.82, 2.24) is 5.32 Å². The summed E-state index contributed by atoms with van der Waals surface area (Å²) in [6.45, 7) is 0.0733. The van der Waals surface area contributed by atoms with Gasteiger partial charge in [-0.1, -0.05) is 0 Å². The van der Waals surface area contributed by atoms with Crippen LogP contribution in [0.5, 0.6) is 0 Å². The van der Waals surface area contributed by atoms with Crippen molar-refractivity contribution >= 4 is 0 Å². The second kappa shape index (κ2) is 3.62. The maximum Gasteiger partial charge on any atom is 0.403 e. The summed E-state index contributed by atoms with van der Waals surface area (Å²) in [4.78, 5) is 0. The highest BCUT2D eigenvalue weighted by atomic mass is 19.4. The summed E-state index contributed by atoms with van der Waals surface area (Å²) < 4.78 is 36.5. The molecule has 72 valence electrons. The molecule has 0 bridgehead atoms. The molecule has 0 heterocycles. The molecule has 1 atom stereocenters. The van der Waals surface area contributed by atoms with Crippen LogP contribution in [0.15, 0.2) is 0 Å². The van der Waals surface area contributed by atoms with Gasteiger partial charge in [-0.2, -0.15) is 13.2 Å². The lowest BCUT2D eigenvalue weighted by molar-refractivity contribution is -0.157. The van der Waals surface area contributed by atoms with Crippen LogP contribution in [0.4, 0.5) is 13.2 Å². The lowest BCUT2D eigenvalue weighted by Crippen LogP contribution is -2.44. The number of hydrogen-bond donors (Lipinski definition) is 2. The first kappa shape index (κ1) is 9.80. The largest absolute Gasteiger partial charge is 0.403 e. The molecule has 0 aromatic carbocycles. The standard InChI is InChI=1S/C7H13F3N2/c8-7(9,10)6(3-4-11)12-5-1-2-5/h5-6,12H,1-4,11H2. The molecule has 0 saturated heterocycles. The van der Waals surface area contributed by atoms with Crippen molar-refractivity contribution in [3.05, 3.63) is 0 Å². The number of hydrogen-bond acceptors (Lipinski definition) is 2. The fourth-order valence-corrected chi connectivity index (χ4v) is 1.04. The molecule has 0 radical (unpaired) electrons. The highest BCUT2D eigenvalue weighted by Gasteiger charge is 2.41. The summed E-state index contributed by atoms with van der Waals surface area (Å²) in [6, 6.07) is -1.34. The quantitative estimate of drug-likeness (QED) is 0.681. The van der Waals surface area contributed by atoms with E-state index in [1.165, 1.54) is 0 Å². The zero-order valence-electron chi connectivity index (χ0n) is 6.69. The Morgan fingerprint density at radius 2 is 2.00 bits per heavy atom. The summed E-state index contributed by atoms with van der Waals surface area (Å²) in [5.74, 6) is 0. The van der Waals surface area contributed by atoms with Crippen molar-refractivity contribution in [1.29, 1.82) is 0 Å². The Morgan fingerprint density at radius 3 is 2.33 bits per heavy atom. The highest BCUT2D eigenvalue weighted by molar-refractivity contribution is 4.87. The Bertz CT molecular complexity index is 142. The first-order valence-electron chi connectivity index (χ1n) is 4.07. The van der Waals surface area contributed by atoms with Crippen LogP contribution >= 0.6 is 0 Å². The van der Waals surface area contributed by atoms with Crippen LogP contribution in [0.25, 0.3) is 0 Å². The molecule has 5 heteroatoms. The zero-order chi connectivity index (χ0) is 9.19. The van der Waals surface area contributed by atoms with Gasteiger partial charge in [0.25, 0.3) is 0 Å². The Labute approximate surface area is 69.3 Å². The highest BCUT2D eigenvalue weighted by Crippen LogP contribution is 2.27. The number of rotatable bonds is 4. The van der Waals surface area contributed by atoms with Crippen LogP contribution in [-0.4, -0.2) is 24.8 Å². The molecule has 1 saturated carbocycles. The number of nitrogens with two attached hydrogens (primary N) is 1. The van der Waals surface area contributed by atoms with Crippen LogP contribution in [0.2, 0.25) is 0 Å². The van der Waals surface area contributed by atoms with Gasteiger partial charge >= 0.3 is 6.18 Å². The monoisotopic (exact) mass is 182 g/mol. The minimum atomic E-state index is -4.15. The molecular formula is C7H13F3N2. The average Bonchev–Trinajstić information content (AvgIpc) is 2.68. The van der Waals surface area contributed by atoms with Crippen LogP contribution in [0.3, 0.4) is 0 Å². The van der Waals surface area contributed by atoms with Gasteiger partial charge in [0.2, 0.25) is 0 Å². The minimum absolute atomic E-state index is 0.0278. The zero-order valence-corrected chi connectivity index (χ0v) is 6.69. The molecule has 1 unspecified atom stereocenters. The van der Waals surface area contributed by atoms with Gasteiger partial charge in [-0.3, -0.25) is 0 Å². The van der Waals surface area contributed by atoms with Crippen molar-refractivity contribution in [2.24, 2.45) is 5.73 Å². The molecule has 12 heavy (non-hydrogen) atoms. The Balaban J connectivity index is 2.35. The Kier molecular flexibility index (Phi) is 2.95. The molecule has 0 amide bonds. The summed E-state index contributed by atoms with van der Waals surface area (Å²) in [5.41, 5.74) is 5.08. The summed E-state index contributed by atoms with van der Waals surface area (Å²) in [5, 5.41) is 2.53. The molecule has 1 rings (SSSR count). The molecule has 1 fully saturated rings. The van der Waals surface area contributed by atoms with Gasteiger partial charge in [0.1, 0.15) is 6.04 Å². The molecule has 3 N–H and O–H groups in total. The molecule has 0 spiro atoms. The topological polar surface area (TPSA) is 38.0 Å².